The Balaban J connectivity index is 1.82. The van der Waals surface area contributed by atoms with Gasteiger partial charge in [-0.1, -0.05) is 71.2 Å². The maximum Gasteiger partial charge on any atom is 0.224 e. The first kappa shape index (κ1) is 16.0. The van der Waals surface area contributed by atoms with Crippen LogP contribution in [-0.4, -0.2) is 17.8 Å². The van der Waals surface area contributed by atoms with E-state index in [-0.39, 0.29) is 5.91 Å². The Kier molecular flexibility index (Phi) is 6.74. The predicted molar refractivity (Wildman–Crippen MR) is 92.9 cm³/mol. The number of hydrogen-bond donors (Lipinski definition) is 1. The number of rotatable bonds is 8. The van der Waals surface area contributed by atoms with Gasteiger partial charge in [0.15, 0.2) is 0 Å². The summed E-state index contributed by atoms with van der Waals surface area (Å²) >= 11 is 3.43. The molecule has 2 aromatic rings. The molecule has 0 unspecified atom stereocenters. The molecule has 0 fully saturated rings. The molecule has 1 N–H and O–H groups in total. The molecule has 3 heteroatoms. The zero-order chi connectivity index (χ0) is 14.9. The number of halogens is 1. The summed E-state index contributed by atoms with van der Waals surface area (Å²) in [6, 6.07) is 14.4. The molecule has 2 nitrogen and oxygen atoms in total. The lowest BCUT2D eigenvalue weighted by Crippen LogP contribution is -2.26. The molecule has 0 aromatic heterocycles. The van der Waals surface area contributed by atoms with Gasteiger partial charge in [-0.15, -0.1) is 0 Å². The van der Waals surface area contributed by atoms with Gasteiger partial charge < -0.3 is 5.32 Å². The molecule has 0 saturated carbocycles. The monoisotopic (exact) mass is 347 g/mol. The summed E-state index contributed by atoms with van der Waals surface area (Å²) in [5.41, 5.74) is 1.10. The molecule has 0 aliphatic carbocycles. The predicted octanol–water partition coefficient (Wildman–Crippen LogP) is 4.45. The van der Waals surface area contributed by atoms with Crippen LogP contribution in [0.25, 0.3) is 10.8 Å². The number of unbranched alkanes of at least 4 members (excludes halogenated alkanes) is 3. The highest BCUT2D eigenvalue weighted by Crippen LogP contribution is 2.18. The Labute approximate surface area is 135 Å². The van der Waals surface area contributed by atoms with Crippen molar-refractivity contribution < 1.29 is 4.79 Å². The molecule has 0 atom stereocenters. The maximum atomic E-state index is 12.0. The molecular formula is C18H22BrNO. The lowest BCUT2D eigenvalue weighted by atomic mass is 10.0. The van der Waals surface area contributed by atoms with Gasteiger partial charge in [0, 0.05) is 11.9 Å². The summed E-state index contributed by atoms with van der Waals surface area (Å²) in [4.78, 5) is 12.0. The van der Waals surface area contributed by atoms with Crippen LogP contribution in [0.2, 0.25) is 0 Å². The third-order valence-corrected chi connectivity index (χ3v) is 4.17. The minimum absolute atomic E-state index is 0.117. The average Bonchev–Trinajstić information content (AvgIpc) is 2.51. The molecule has 112 valence electrons. The second-order valence-electron chi connectivity index (χ2n) is 5.27. The minimum atomic E-state index is 0.117. The molecule has 2 rings (SSSR count). The molecule has 21 heavy (non-hydrogen) atoms. The van der Waals surface area contributed by atoms with Crippen molar-refractivity contribution in [2.45, 2.75) is 32.1 Å². The molecular weight excluding hydrogens is 326 g/mol. The van der Waals surface area contributed by atoms with E-state index >= 15 is 0 Å². The summed E-state index contributed by atoms with van der Waals surface area (Å²) in [7, 11) is 0. The van der Waals surface area contributed by atoms with Gasteiger partial charge in [-0.2, -0.15) is 0 Å². The van der Waals surface area contributed by atoms with Crippen LogP contribution in [0, 0.1) is 0 Å². The van der Waals surface area contributed by atoms with E-state index in [9.17, 15) is 4.79 Å². The Bertz CT molecular complexity index is 577. The first-order valence-electron chi connectivity index (χ1n) is 7.60. The summed E-state index contributed by atoms with van der Waals surface area (Å²) in [5, 5.41) is 6.46. The number of amides is 1. The third kappa shape index (κ3) is 5.16. The highest BCUT2D eigenvalue weighted by atomic mass is 79.9. The van der Waals surface area contributed by atoms with Crippen LogP contribution in [-0.2, 0) is 11.2 Å². The fraction of sp³-hybridized carbons (Fsp3) is 0.389. The molecule has 0 heterocycles. The number of nitrogens with one attached hydrogen (secondary N) is 1. The summed E-state index contributed by atoms with van der Waals surface area (Å²) in [6.45, 7) is 0.784. The topological polar surface area (TPSA) is 29.1 Å². The number of carbonyl (C=O) groups is 1. The number of alkyl halides is 1. The first-order valence-corrected chi connectivity index (χ1v) is 8.72. The minimum Gasteiger partial charge on any atom is -0.356 e. The summed E-state index contributed by atoms with van der Waals surface area (Å²) in [6.07, 6.45) is 5.14. The molecule has 1 amide bonds. The van der Waals surface area contributed by atoms with Crippen LogP contribution in [0.15, 0.2) is 42.5 Å². The van der Waals surface area contributed by atoms with Crippen LogP contribution in [0.4, 0.5) is 0 Å². The fourth-order valence-corrected chi connectivity index (χ4v) is 2.88. The largest absolute Gasteiger partial charge is 0.356 e. The number of fused-ring (bicyclic) bond motifs is 1. The second-order valence-corrected chi connectivity index (χ2v) is 6.06. The van der Waals surface area contributed by atoms with E-state index in [1.54, 1.807) is 0 Å². The van der Waals surface area contributed by atoms with Crippen LogP contribution in [0.3, 0.4) is 0 Å². The van der Waals surface area contributed by atoms with Crippen molar-refractivity contribution in [2.75, 3.05) is 11.9 Å². The SMILES string of the molecule is O=C(Cc1cccc2ccccc12)NCCCCCCBr. The van der Waals surface area contributed by atoms with E-state index in [1.165, 1.54) is 30.0 Å². The lowest BCUT2D eigenvalue weighted by molar-refractivity contribution is -0.120. The third-order valence-electron chi connectivity index (χ3n) is 3.61. The van der Waals surface area contributed by atoms with E-state index < -0.39 is 0 Å². The maximum absolute atomic E-state index is 12.0. The number of carbonyl (C=O) groups excluding carboxylic acids is 1. The first-order chi connectivity index (χ1) is 10.3. The fourth-order valence-electron chi connectivity index (χ4n) is 2.48. The molecule has 0 bridgehead atoms. The van der Waals surface area contributed by atoms with Gasteiger partial charge in [0.25, 0.3) is 0 Å². The van der Waals surface area contributed by atoms with Gasteiger partial charge in [-0.05, 0) is 29.2 Å². The Morgan fingerprint density at radius 2 is 1.71 bits per heavy atom. The van der Waals surface area contributed by atoms with Crippen molar-refractivity contribution in [3.63, 3.8) is 0 Å². The van der Waals surface area contributed by atoms with Gasteiger partial charge in [0.2, 0.25) is 5.91 Å². The quantitative estimate of drug-likeness (QED) is 0.554. The number of hydrogen-bond acceptors (Lipinski definition) is 1. The van der Waals surface area contributed by atoms with Gasteiger partial charge in [0.1, 0.15) is 0 Å². The molecule has 0 aliphatic rings. The van der Waals surface area contributed by atoms with Crippen molar-refractivity contribution in [1.29, 1.82) is 0 Å². The zero-order valence-corrected chi connectivity index (χ0v) is 13.9. The van der Waals surface area contributed by atoms with Gasteiger partial charge in [-0.3, -0.25) is 4.79 Å². The second kappa shape index (κ2) is 8.83. The van der Waals surface area contributed by atoms with E-state index in [0.717, 1.165) is 23.9 Å². The van der Waals surface area contributed by atoms with Crippen LogP contribution < -0.4 is 5.32 Å². The Morgan fingerprint density at radius 1 is 0.952 bits per heavy atom. The van der Waals surface area contributed by atoms with Gasteiger partial charge in [0.05, 0.1) is 6.42 Å². The van der Waals surface area contributed by atoms with Crippen LogP contribution >= 0.6 is 15.9 Å². The van der Waals surface area contributed by atoms with E-state index in [4.69, 9.17) is 0 Å². The van der Waals surface area contributed by atoms with Crippen LogP contribution in [0.5, 0.6) is 0 Å². The Morgan fingerprint density at radius 3 is 2.57 bits per heavy atom. The van der Waals surface area contributed by atoms with Gasteiger partial charge >= 0.3 is 0 Å². The standard InChI is InChI=1S/C18H22BrNO/c19-12-5-1-2-6-13-20-18(21)14-16-10-7-9-15-8-3-4-11-17(15)16/h3-4,7-11H,1-2,5-6,12-14H2,(H,20,21). The van der Waals surface area contributed by atoms with Crippen molar-refractivity contribution in [2.24, 2.45) is 0 Å². The van der Waals surface area contributed by atoms with Crippen molar-refractivity contribution in [1.82, 2.24) is 5.32 Å². The molecule has 0 spiro atoms. The lowest BCUT2D eigenvalue weighted by Gasteiger charge is -2.08. The normalized spacial score (nSPS) is 10.7. The van der Waals surface area contributed by atoms with Crippen molar-refractivity contribution >= 4 is 32.6 Å². The molecule has 0 radical (unpaired) electrons. The molecule has 0 aliphatic heterocycles. The van der Waals surface area contributed by atoms with Crippen LogP contribution in [0.1, 0.15) is 31.2 Å². The summed E-state index contributed by atoms with van der Waals surface area (Å²) in [5.74, 6) is 0.117. The highest BCUT2D eigenvalue weighted by molar-refractivity contribution is 9.09. The Hall–Kier alpha value is -1.35. The number of benzene rings is 2. The van der Waals surface area contributed by atoms with E-state index in [2.05, 4.69) is 39.4 Å². The van der Waals surface area contributed by atoms with Gasteiger partial charge in [-0.25, -0.2) is 0 Å². The summed E-state index contributed by atoms with van der Waals surface area (Å²) < 4.78 is 0. The average molecular weight is 348 g/mol. The molecule has 0 saturated heterocycles. The highest BCUT2D eigenvalue weighted by Gasteiger charge is 2.06. The van der Waals surface area contributed by atoms with Crippen molar-refractivity contribution in [3.05, 3.63) is 48.0 Å². The molecule has 2 aromatic carbocycles. The van der Waals surface area contributed by atoms with Crippen molar-refractivity contribution in [3.8, 4) is 0 Å². The smallest absolute Gasteiger partial charge is 0.224 e. The zero-order valence-electron chi connectivity index (χ0n) is 12.3. The van der Waals surface area contributed by atoms with E-state index in [0.29, 0.717) is 6.42 Å². The van der Waals surface area contributed by atoms with E-state index in [1.807, 2.05) is 24.3 Å².